The zero-order chi connectivity index (χ0) is 33.0. The number of rotatable bonds is 6. The van der Waals surface area contributed by atoms with Gasteiger partial charge in [-0.05, 0) is 79.2 Å². The van der Waals surface area contributed by atoms with Crippen molar-refractivity contribution in [3.05, 3.63) is 82.9 Å². The van der Waals surface area contributed by atoms with Gasteiger partial charge in [0.25, 0.3) is 0 Å². The van der Waals surface area contributed by atoms with Crippen molar-refractivity contribution in [2.24, 2.45) is 7.05 Å². The fourth-order valence-corrected chi connectivity index (χ4v) is 6.12. The van der Waals surface area contributed by atoms with E-state index in [0.29, 0.717) is 30.0 Å². The van der Waals surface area contributed by atoms with Gasteiger partial charge >= 0.3 is 12.2 Å². The predicted octanol–water partition coefficient (Wildman–Crippen LogP) is 8.20. The van der Waals surface area contributed by atoms with Crippen LogP contribution >= 0.6 is 0 Å². The Kier molecular flexibility index (Phi) is 10.2. The van der Waals surface area contributed by atoms with Gasteiger partial charge in [0, 0.05) is 31.9 Å². The fraction of sp³-hybridized carbons (Fsp3) is 0.417. The van der Waals surface area contributed by atoms with E-state index in [4.69, 9.17) is 0 Å². The van der Waals surface area contributed by atoms with Crippen LogP contribution in [-0.4, -0.2) is 46.3 Å². The van der Waals surface area contributed by atoms with Crippen molar-refractivity contribution in [1.82, 2.24) is 20.0 Å². The molecule has 0 radical (unpaired) electrons. The van der Waals surface area contributed by atoms with Crippen LogP contribution in [0.4, 0.5) is 23.8 Å². The number of benzene rings is 3. The quantitative estimate of drug-likeness (QED) is 0.232. The summed E-state index contributed by atoms with van der Waals surface area (Å²) in [6, 6.07) is 17.8. The highest BCUT2D eigenvalue weighted by atomic mass is 19.4. The molecule has 3 heterocycles. The standard InChI is InChI=1S/C32H32F3N5O2.C4H10/c1-20-4-3-5-22(16-20)23-6-7-25(27(17-23)32(33,34)35)19-39-13-10-21(11-14-39)24-8-9-26-28(18-24)38(2)37-30(26)40-15-12-29(41)36-31(40)42;1-3-4-2/h3-9,16-18,21H,10-15,19H2,1-2H3,(H,36,41,42);3-4H2,1-2H3. The lowest BCUT2D eigenvalue weighted by Gasteiger charge is -2.33. The molecular formula is C36H42F3N5O2. The number of carbonyl (C=O) groups excluding carboxylic acids is 2. The number of nitrogens with one attached hydrogen (secondary N) is 1. The molecule has 10 heteroatoms. The molecule has 0 bridgehead atoms. The first kappa shape index (κ1) is 33.2. The van der Waals surface area contributed by atoms with E-state index in [0.717, 1.165) is 40.4 Å². The molecule has 0 atom stereocenters. The van der Waals surface area contributed by atoms with E-state index in [2.05, 4.69) is 35.2 Å². The molecule has 6 rings (SSSR count). The van der Waals surface area contributed by atoms with Crippen molar-refractivity contribution in [2.75, 3.05) is 24.5 Å². The first-order valence-electron chi connectivity index (χ1n) is 16.1. The summed E-state index contributed by atoms with van der Waals surface area (Å²) in [6.45, 7) is 8.20. The maximum atomic E-state index is 14.1. The summed E-state index contributed by atoms with van der Waals surface area (Å²) < 4.78 is 44.1. The minimum atomic E-state index is -4.44. The van der Waals surface area contributed by atoms with E-state index in [-0.39, 0.29) is 31.3 Å². The molecule has 3 aromatic carbocycles. The SMILES string of the molecule is CCCC.Cc1cccc(-c2ccc(CN3CCC(c4ccc5c(N6CCC(=O)NC6=O)nn(C)c5c4)CC3)c(C(F)(F)F)c2)c1. The van der Waals surface area contributed by atoms with Crippen LogP contribution in [0.3, 0.4) is 0 Å². The maximum absolute atomic E-state index is 14.1. The summed E-state index contributed by atoms with van der Waals surface area (Å²) >= 11 is 0. The number of likely N-dealkylation sites (tertiary alicyclic amines) is 1. The lowest BCUT2D eigenvalue weighted by Crippen LogP contribution is -2.49. The average Bonchev–Trinajstić information content (AvgIpc) is 3.36. The Bertz CT molecular complexity index is 1700. The van der Waals surface area contributed by atoms with E-state index < -0.39 is 17.8 Å². The number of piperidine rings is 1. The molecule has 46 heavy (non-hydrogen) atoms. The fourth-order valence-electron chi connectivity index (χ4n) is 6.12. The zero-order valence-corrected chi connectivity index (χ0v) is 27.0. The number of nitrogens with zero attached hydrogens (tertiary/aromatic N) is 4. The highest BCUT2D eigenvalue weighted by Gasteiger charge is 2.35. The highest BCUT2D eigenvalue weighted by molar-refractivity contribution is 6.08. The third kappa shape index (κ3) is 7.44. The van der Waals surface area contributed by atoms with E-state index in [1.165, 1.54) is 23.8 Å². The van der Waals surface area contributed by atoms with E-state index in [1.807, 2.05) is 50.4 Å². The third-order valence-corrected chi connectivity index (χ3v) is 8.89. The van der Waals surface area contributed by atoms with Gasteiger partial charge in [-0.15, -0.1) is 0 Å². The van der Waals surface area contributed by atoms with Gasteiger partial charge < -0.3 is 0 Å². The van der Waals surface area contributed by atoms with Gasteiger partial charge in [0.1, 0.15) is 0 Å². The normalized spacial score (nSPS) is 16.4. The first-order chi connectivity index (χ1) is 22.0. The molecule has 0 saturated carbocycles. The summed E-state index contributed by atoms with van der Waals surface area (Å²) in [6.07, 6.45) is 0.0855. The molecular weight excluding hydrogens is 591 g/mol. The van der Waals surface area contributed by atoms with E-state index in [9.17, 15) is 22.8 Å². The van der Waals surface area contributed by atoms with Crippen LogP contribution in [0.25, 0.3) is 22.0 Å². The highest BCUT2D eigenvalue weighted by Crippen LogP contribution is 2.38. The third-order valence-electron chi connectivity index (χ3n) is 8.89. The molecule has 244 valence electrons. The number of alkyl halides is 3. The van der Waals surface area contributed by atoms with Crippen molar-refractivity contribution in [2.45, 2.75) is 71.5 Å². The zero-order valence-electron chi connectivity index (χ0n) is 27.0. The summed E-state index contributed by atoms with van der Waals surface area (Å²) in [4.78, 5) is 27.5. The van der Waals surface area contributed by atoms with Crippen molar-refractivity contribution < 1.29 is 22.8 Å². The van der Waals surface area contributed by atoms with Crippen molar-refractivity contribution in [3.63, 3.8) is 0 Å². The monoisotopic (exact) mass is 633 g/mol. The second-order valence-electron chi connectivity index (χ2n) is 12.3. The Balaban J connectivity index is 0.000000985. The van der Waals surface area contributed by atoms with E-state index in [1.54, 1.807) is 16.8 Å². The molecule has 2 fully saturated rings. The molecule has 1 aromatic heterocycles. The number of halogens is 3. The number of imide groups is 1. The lowest BCUT2D eigenvalue weighted by atomic mass is 9.88. The van der Waals surface area contributed by atoms with Crippen LogP contribution in [-0.2, 0) is 24.6 Å². The smallest absolute Gasteiger partial charge is 0.299 e. The molecule has 2 aliphatic heterocycles. The van der Waals surface area contributed by atoms with Crippen molar-refractivity contribution in [1.29, 1.82) is 0 Å². The summed E-state index contributed by atoms with van der Waals surface area (Å²) in [5, 5.41) is 7.73. The molecule has 0 spiro atoms. The molecule has 2 aliphatic rings. The molecule has 0 unspecified atom stereocenters. The van der Waals surface area contributed by atoms with E-state index >= 15 is 0 Å². The minimum absolute atomic E-state index is 0.224. The van der Waals surface area contributed by atoms with Gasteiger partial charge in [-0.25, -0.2) is 4.79 Å². The number of carbonyl (C=O) groups is 2. The number of urea groups is 1. The minimum Gasteiger partial charge on any atom is -0.299 e. The molecule has 7 nitrogen and oxygen atoms in total. The average molecular weight is 634 g/mol. The number of aromatic nitrogens is 2. The second-order valence-corrected chi connectivity index (χ2v) is 12.3. The number of hydrogen-bond donors (Lipinski definition) is 1. The summed E-state index contributed by atoms with van der Waals surface area (Å²) in [5.41, 5.74) is 4.10. The number of amides is 3. The molecule has 0 aliphatic carbocycles. The van der Waals surface area contributed by atoms with Crippen LogP contribution in [0.2, 0.25) is 0 Å². The molecule has 2 saturated heterocycles. The molecule has 1 N–H and O–H groups in total. The Hall–Kier alpha value is -4.18. The van der Waals surface area contributed by atoms with Gasteiger partial charge in [-0.1, -0.05) is 74.7 Å². The van der Waals surface area contributed by atoms with Crippen LogP contribution in [0, 0.1) is 6.92 Å². The first-order valence-corrected chi connectivity index (χ1v) is 16.1. The number of fused-ring (bicyclic) bond motifs is 1. The van der Waals surface area contributed by atoms with Crippen molar-refractivity contribution >= 4 is 28.7 Å². The van der Waals surface area contributed by atoms with Crippen LogP contribution < -0.4 is 10.2 Å². The Labute approximate surface area is 268 Å². The van der Waals surface area contributed by atoms with Crippen molar-refractivity contribution in [3.8, 4) is 11.1 Å². The predicted molar refractivity (Wildman–Crippen MR) is 176 cm³/mol. The summed E-state index contributed by atoms with van der Waals surface area (Å²) in [7, 11) is 1.83. The largest absolute Gasteiger partial charge is 0.416 e. The molecule has 4 aromatic rings. The topological polar surface area (TPSA) is 70.5 Å². The Morgan fingerprint density at radius 1 is 0.913 bits per heavy atom. The van der Waals surface area contributed by atoms with Gasteiger partial charge in [-0.3, -0.25) is 24.6 Å². The van der Waals surface area contributed by atoms with Crippen LogP contribution in [0.5, 0.6) is 0 Å². The number of anilines is 1. The van der Waals surface area contributed by atoms with Gasteiger partial charge in [0.15, 0.2) is 5.82 Å². The van der Waals surface area contributed by atoms with Gasteiger partial charge in [0.05, 0.1) is 11.1 Å². The van der Waals surface area contributed by atoms with Crippen LogP contribution in [0.15, 0.2) is 60.7 Å². The van der Waals surface area contributed by atoms with Gasteiger partial charge in [0.2, 0.25) is 5.91 Å². The maximum Gasteiger partial charge on any atom is 0.416 e. The molecule has 3 amide bonds. The Morgan fingerprint density at radius 3 is 2.28 bits per heavy atom. The number of unbranched alkanes of at least 4 members (excludes halogenated alkanes) is 1. The number of hydrogen-bond acceptors (Lipinski definition) is 4. The van der Waals surface area contributed by atoms with Crippen LogP contribution in [0.1, 0.15) is 74.1 Å². The Morgan fingerprint density at radius 2 is 1.63 bits per heavy atom. The summed E-state index contributed by atoms with van der Waals surface area (Å²) in [5.74, 6) is 0.498. The lowest BCUT2D eigenvalue weighted by molar-refractivity contribution is -0.138. The van der Waals surface area contributed by atoms with Gasteiger partial charge in [-0.2, -0.15) is 18.3 Å². The second kappa shape index (κ2) is 14.1. The number of aryl methyl sites for hydroxylation is 2.